The Kier molecular flexibility index (Phi) is 5.96. The van der Waals surface area contributed by atoms with Crippen LogP contribution in [0, 0.1) is 0 Å². The molecule has 116 valence electrons. The molecule has 0 saturated heterocycles. The zero-order valence-corrected chi connectivity index (χ0v) is 13.3. The summed E-state index contributed by atoms with van der Waals surface area (Å²) in [5, 5.41) is 4.12. The molecule has 0 fully saturated rings. The Morgan fingerprint density at radius 2 is 1.76 bits per heavy atom. The van der Waals surface area contributed by atoms with Crippen molar-refractivity contribution in [2.45, 2.75) is 71.6 Å². The average Bonchev–Trinajstić information content (AvgIpc) is 2.95. The largest absolute Gasteiger partial charge is 0.383 e. The van der Waals surface area contributed by atoms with Gasteiger partial charge in [0.1, 0.15) is 12.1 Å². The van der Waals surface area contributed by atoms with Crippen LogP contribution in [0.1, 0.15) is 70.1 Å². The van der Waals surface area contributed by atoms with Crippen LogP contribution in [-0.2, 0) is 12.8 Å². The molecule has 0 aromatic carbocycles. The highest BCUT2D eigenvalue weighted by Gasteiger charge is 2.12. The molecule has 0 aliphatic carbocycles. The maximum Gasteiger partial charge on any atom is 0.254 e. The van der Waals surface area contributed by atoms with E-state index in [2.05, 4.69) is 28.9 Å². The van der Waals surface area contributed by atoms with Crippen LogP contribution in [0.25, 0.3) is 5.78 Å². The minimum Gasteiger partial charge on any atom is -0.383 e. The van der Waals surface area contributed by atoms with Crippen LogP contribution in [0.2, 0.25) is 0 Å². The van der Waals surface area contributed by atoms with Crippen molar-refractivity contribution in [2.24, 2.45) is 0 Å². The second-order valence-corrected chi connectivity index (χ2v) is 5.62. The van der Waals surface area contributed by atoms with Gasteiger partial charge in [0, 0.05) is 5.56 Å². The fourth-order valence-corrected chi connectivity index (χ4v) is 2.79. The molecule has 0 aliphatic heterocycles. The summed E-state index contributed by atoms with van der Waals surface area (Å²) >= 11 is 0. The van der Waals surface area contributed by atoms with E-state index in [4.69, 9.17) is 5.73 Å². The fourth-order valence-electron chi connectivity index (χ4n) is 2.79. The van der Waals surface area contributed by atoms with Gasteiger partial charge in [-0.3, -0.25) is 0 Å². The number of aryl methyl sites for hydroxylation is 1. The third-order valence-electron chi connectivity index (χ3n) is 4.02. The smallest absolute Gasteiger partial charge is 0.254 e. The van der Waals surface area contributed by atoms with E-state index in [1.807, 2.05) is 0 Å². The molecule has 5 heteroatoms. The number of hydrogen-bond donors (Lipinski definition) is 1. The standard InChI is InChI=1S/C16H27N5/c1-3-5-6-7-8-9-10-11-14-13(4-2)15(17)21-16(20-14)18-12-19-21/h12H,3-11,17H2,1-2H3. The molecule has 0 saturated carbocycles. The predicted octanol–water partition coefficient (Wildman–Crippen LogP) is 3.56. The van der Waals surface area contributed by atoms with E-state index in [1.165, 1.54) is 51.3 Å². The summed E-state index contributed by atoms with van der Waals surface area (Å²) in [5.41, 5.74) is 8.41. The second-order valence-electron chi connectivity index (χ2n) is 5.62. The number of nitrogen functional groups attached to an aromatic ring is 1. The minimum atomic E-state index is 0.614. The summed E-state index contributed by atoms with van der Waals surface area (Å²) in [6, 6.07) is 0. The summed E-state index contributed by atoms with van der Waals surface area (Å²) in [6.45, 7) is 4.37. The van der Waals surface area contributed by atoms with Crippen molar-refractivity contribution in [2.75, 3.05) is 5.73 Å². The molecule has 2 heterocycles. The van der Waals surface area contributed by atoms with Crippen LogP contribution in [-0.4, -0.2) is 19.6 Å². The van der Waals surface area contributed by atoms with Crippen molar-refractivity contribution in [3.8, 4) is 0 Å². The normalized spacial score (nSPS) is 11.3. The highest BCUT2D eigenvalue weighted by Crippen LogP contribution is 2.19. The number of fused-ring (bicyclic) bond motifs is 1. The molecule has 0 aliphatic rings. The molecule has 0 amide bonds. The number of hydrogen-bond acceptors (Lipinski definition) is 4. The Balaban J connectivity index is 1.92. The molecule has 21 heavy (non-hydrogen) atoms. The summed E-state index contributed by atoms with van der Waals surface area (Å²) in [5.74, 6) is 1.31. The zero-order chi connectivity index (χ0) is 15.1. The highest BCUT2D eigenvalue weighted by molar-refractivity contribution is 5.49. The molecule has 5 nitrogen and oxygen atoms in total. The third kappa shape index (κ3) is 3.93. The molecule has 0 unspecified atom stereocenters. The van der Waals surface area contributed by atoms with Gasteiger partial charge in [0.25, 0.3) is 5.78 Å². The molecule has 2 aromatic heterocycles. The zero-order valence-electron chi connectivity index (χ0n) is 13.3. The molecule has 2 aromatic rings. The van der Waals surface area contributed by atoms with Crippen LogP contribution in [0.5, 0.6) is 0 Å². The van der Waals surface area contributed by atoms with Gasteiger partial charge in [0.15, 0.2) is 0 Å². The van der Waals surface area contributed by atoms with E-state index < -0.39 is 0 Å². The Morgan fingerprint density at radius 3 is 2.48 bits per heavy atom. The number of nitrogens with zero attached hydrogens (tertiary/aromatic N) is 4. The van der Waals surface area contributed by atoms with Crippen LogP contribution in [0.3, 0.4) is 0 Å². The molecule has 2 rings (SSSR count). The van der Waals surface area contributed by atoms with Gasteiger partial charge in [-0.2, -0.15) is 14.6 Å². The molecular formula is C16H27N5. The lowest BCUT2D eigenvalue weighted by Crippen LogP contribution is -2.09. The Bertz CT molecular complexity index is 561. The topological polar surface area (TPSA) is 69.1 Å². The van der Waals surface area contributed by atoms with Gasteiger partial charge >= 0.3 is 0 Å². The number of unbranched alkanes of at least 4 members (excludes halogenated alkanes) is 6. The van der Waals surface area contributed by atoms with E-state index in [0.29, 0.717) is 11.6 Å². The van der Waals surface area contributed by atoms with Crippen molar-refractivity contribution in [1.29, 1.82) is 0 Å². The molecule has 2 N–H and O–H groups in total. The van der Waals surface area contributed by atoms with Crippen LogP contribution >= 0.6 is 0 Å². The Hall–Kier alpha value is -1.65. The molecule has 0 spiro atoms. The summed E-state index contributed by atoms with van der Waals surface area (Å²) < 4.78 is 1.63. The summed E-state index contributed by atoms with van der Waals surface area (Å²) in [4.78, 5) is 8.78. The first-order chi connectivity index (χ1) is 10.3. The maximum atomic E-state index is 6.18. The van der Waals surface area contributed by atoms with Crippen molar-refractivity contribution < 1.29 is 0 Å². The predicted molar refractivity (Wildman–Crippen MR) is 86.3 cm³/mol. The first-order valence-electron chi connectivity index (χ1n) is 8.24. The van der Waals surface area contributed by atoms with E-state index in [1.54, 1.807) is 4.52 Å². The van der Waals surface area contributed by atoms with E-state index in [-0.39, 0.29) is 0 Å². The number of aromatic nitrogens is 4. The molecule has 0 bridgehead atoms. The van der Waals surface area contributed by atoms with Gasteiger partial charge in [-0.1, -0.05) is 52.4 Å². The minimum absolute atomic E-state index is 0.614. The lowest BCUT2D eigenvalue weighted by molar-refractivity contribution is 0.586. The first-order valence-corrected chi connectivity index (χ1v) is 8.24. The fraction of sp³-hybridized carbons (Fsp3) is 0.688. The number of nitrogens with two attached hydrogens (primary N) is 1. The van der Waals surface area contributed by atoms with Gasteiger partial charge in [-0.15, -0.1) is 0 Å². The molecular weight excluding hydrogens is 262 g/mol. The van der Waals surface area contributed by atoms with Gasteiger partial charge in [-0.25, -0.2) is 4.98 Å². The number of anilines is 1. The van der Waals surface area contributed by atoms with Crippen LogP contribution < -0.4 is 5.73 Å². The lowest BCUT2D eigenvalue weighted by atomic mass is 10.0. The van der Waals surface area contributed by atoms with E-state index in [9.17, 15) is 0 Å². The monoisotopic (exact) mass is 289 g/mol. The third-order valence-corrected chi connectivity index (χ3v) is 4.02. The summed E-state index contributed by atoms with van der Waals surface area (Å²) in [7, 11) is 0. The SMILES string of the molecule is CCCCCCCCCc1nc2ncnn2c(N)c1CC. The van der Waals surface area contributed by atoms with Crippen molar-refractivity contribution in [1.82, 2.24) is 19.6 Å². The van der Waals surface area contributed by atoms with Gasteiger partial charge in [0.05, 0.1) is 5.69 Å². The first kappa shape index (κ1) is 15.7. The molecule has 0 radical (unpaired) electrons. The van der Waals surface area contributed by atoms with Crippen molar-refractivity contribution in [3.63, 3.8) is 0 Å². The van der Waals surface area contributed by atoms with Gasteiger partial charge in [-0.05, 0) is 19.3 Å². The van der Waals surface area contributed by atoms with Crippen molar-refractivity contribution in [3.05, 3.63) is 17.6 Å². The maximum absolute atomic E-state index is 6.18. The number of rotatable bonds is 9. The van der Waals surface area contributed by atoms with E-state index >= 15 is 0 Å². The van der Waals surface area contributed by atoms with E-state index in [0.717, 1.165) is 24.1 Å². The van der Waals surface area contributed by atoms with Gasteiger partial charge in [0.2, 0.25) is 0 Å². The quantitative estimate of drug-likeness (QED) is 0.717. The lowest BCUT2D eigenvalue weighted by Gasteiger charge is -2.10. The average molecular weight is 289 g/mol. The Labute approximate surface area is 127 Å². The van der Waals surface area contributed by atoms with Gasteiger partial charge < -0.3 is 5.73 Å². The Morgan fingerprint density at radius 1 is 1.05 bits per heavy atom. The molecule has 0 atom stereocenters. The summed E-state index contributed by atoms with van der Waals surface area (Å²) in [6.07, 6.45) is 12.6. The van der Waals surface area contributed by atoms with Crippen molar-refractivity contribution >= 4 is 11.6 Å². The second kappa shape index (κ2) is 7.96. The highest BCUT2D eigenvalue weighted by atomic mass is 15.3. The van der Waals surface area contributed by atoms with Crippen LogP contribution in [0.15, 0.2) is 6.33 Å². The van der Waals surface area contributed by atoms with Crippen LogP contribution in [0.4, 0.5) is 5.82 Å².